The van der Waals surface area contributed by atoms with Crippen LogP contribution in [0.5, 0.6) is 0 Å². The lowest BCUT2D eigenvalue weighted by Crippen LogP contribution is -2.45. The number of carbonyl (C=O) groups excluding carboxylic acids is 2. The second-order valence-corrected chi connectivity index (χ2v) is 8.68. The normalized spacial score (nSPS) is 15.4. The molecule has 0 spiro atoms. The zero-order chi connectivity index (χ0) is 20.8. The van der Waals surface area contributed by atoms with E-state index in [1.807, 2.05) is 30.5 Å². The Hall–Kier alpha value is -2.49. The van der Waals surface area contributed by atoms with Gasteiger partial charge in [-0.1, -0.05) is 11.8 Å². The van der Waals surface area contributed by atoms with Gasteiger partial charge in [0.25, 0.3) is 0 Å². The van der Waals surface area contributed by atoms with Gasteiger partial charge in [0.2, 0.25) is 11.9 Å². The van der Waals surface area contributed by atoms with Crippen molar-refractivity contribution in [3.05, 3.63) is 24.2 Å². The Kier molecular flexibility index (Phi) is 7.18. The van der Waals surface area contributed by atoms with Crippen LogP contribution in [0.4, 0.5) is 10.7 Å². The van der Waals surface area contributed by atoms with Crippen molar-refractivity contribution in [2.45, 2.75) is 63.0 Å². The molecule has 0 saturated carbocycles. The Bertz CT molecular complexity index is 814. The van der Waals surface area contributed by atoms with E-state index in [-0.39, 0.29) is 11.9 Å². The molecule has 3 rings (SSSR count). The summed E-state index contributed by atoms with van der Waals surface area (Å²) >= 11 is 1.27. The molecule has 9 nitrogen and oxygen atoms in total. The molecule has 1 saturated heterocycles. The first kappa shape index (κ1) is 21.2. The van der Waals surface area contributed by atoms with E-state index in [9.17, 15) is 9.59 Å². The fraction of sp³-hybridized carbons (Fsp3) is 0.579. The van der Waals surface area contributed by atoms with Gasteiger partial charge in [-0.3, -0.25) is 14.7 Å². The Morgan fingerprint density at radius 2 is 1.97 bits per heavy atom. The van der Waals surface area contributed by atoms with Gasteiger partial charge in [-0.15, -0.1) is 10.2 Å². The van der Waals surface area contributed by atoms with Crippen molar-refractivity contribution >= 4 is 29.6 Å². The van der Waals surface area contributed by atoms with Gasteiger partial charge in [0.15, 0.2) is 5.16 Å². The van der Waals surface area contributed by atoms with Gasteiger partial charge in [0.1, 0.15) is 5.76 Å². The van der Waals surface area contributed by atoms with E-state index in [1.165, 1.54) is 18.2 Å². The summed E-state index contributed by atoms with van der Waals surface area (Å²) in [6.45, 7) is 7.77. The van der Waals surface area contributed by atoms with Crippen molar-refractivity contribution in [3.8, 4) is 0 Å². The van der Waals surface area contributed by atoms with Crippen molar-refractivity contribution in [1.82, 2.24) is 25.4 Å². The molecule has 29 heavy (non-hydrogen) atoms. The molecule has 10 heteroatoms. The predicted octanol–water partition coefficient (Wildman–Crippen LogP) is 2.62. The van der Waals surface area contributed by atoms with Crippen molar-refractivity contribution in [2.24, 2.45) is 0 Å². The molecule has 1 atom stereocenters. The lowest BCUT2D eigenvalue weighted by molar-refractivity contribution is -0.119. The molecule has 0 radical (unpaired) electrons. The number of anilines is 1. The average Bonchev–Trinajstić information content (AvgIpc) is 3.32. The van der Waals surface area contributed by atoms with Crippen LogP contribution in [0, 0.1) is 0 Å². The molecule has 2 N–H and O–H groups in total. The summed E-state index contributed by atoms with van der Waals surface area (Å²) < 4.78 is 7.49. The van der Waals surface area contributed by atoms with E-state index in [1.54, 1.807) is 13.2 Å². The summed E-state index contributed by atoms with van der Waals surface area (Å²) in [6, 6.07) is 3.20. The first-order valence-electron chi connectivity index (χ1n) is 9.92. The molecule has 1 fully saturated rings. The van der Waals surface area contributed by atoms with E-state index in [0.29, 0.717) is 11.7 Å². The van der Waals surface area contributed by atoms with Gasteiger partial charge in [-0.2, -0.15) is 0 Å². The number of nitrogens with zero attached hydrogens (tertiary/aromatic N) is 4. The lowest BCUT2D eigenvalue weighted by atomic mass is 10.1. The number of hydrogen-bond donors (Lipinski definition) is 2. The zero-order valence-corrected chi connectivity index (χ0v) is 17.9. The minimum atomic E-state index is -0.512. The summed E-state index contributed by atoms with van der Waals surface area (Å²) in [4.78, 5) is 26.4. The largest absolute Gasteiger partial charge is 0.467 e. The molecule has 0 bridgehead atoms. The Morgan fingerprint density at radius 1 is 1.21 bits per heavy atom. The first-order chi connectivity index (χ1) is 13.9. The third-order valence-corrected chi connectivity index (χ3v) is 5.62. The number of carbonyl (C=O) groups is 2. The molecular weight excluding hydrogens is 392 g/mol. The van der Waals surface area contributed by atoms with Gasteiger partial charge >= 0.3 is 6.03 Å². The number of furan rings is 1. The van der Waals surface area contributed by atoms with Crippen molar-refractivity contribution in [2.75, 3.05) is 18.0 Å². The summed E-state index contributed by atoms with van der Waals surface area (Å²) in [5.74, 6) is 1.20. The molecule has 2 aromatic rings. The van der Waals surface area contributed by atoms with E-state index in [4.69, 9.17) is 4.42 Å². The predicted molar refractivity (Wildman–Crippen MR) is 111 cm³/mol. The van der Waals surface area contributed by atoms with Crippen LogP contribution in [-0.2, 0) is 11.3 Å². The van der Waals surface area contributed by atoms with Crippen LogP contribution in [0.2, 0.25) is 0 Å². The molecule has 3 amide bonds. The van der Waals surface area contributed by atoms with Gasteiger partial charge in [0.05, 0.1) is 18.1 Å². The topological polar surface area (TPSA) is 105 Å². The highest BCUT2D eigenvalue weighted by atomic mass is 32.2. The van der Waals surface area contributed by atoms with Crippen LogP contribution in [0.25, 0.3) is 0 Å². The van der Waals surface area contributed by atoms with Crippen molar-refractivity contribution < 1.29 is 14.0 Å². The number of thioether (sulfide) groups is 1. The van der Waals surface area contributed by atoms with E-state index >= 15 is 0 Å². The Morgan fingerprint density at radius 3 is 2.62 bits per heavy atom. The molecule has 158 valence electrons. The van der Waals surface area contributed by atoms with E-state index in [2.05, 4.69) is 25.7 Å². The third-order valence-electron chi connectivity index (χ3n) is 4.54. The molecule has 0 unspecified atom stereocenters. The molecule has 0 aromatic carbocycles. The number of amides is 3. The second-order valence-electron chi connectivity index (χ2n) is 7.37. The van der Waals surface area contributed by atoms with Gasteiger partial charge in [-0.05, 0) is 52.2 Å². The van der Waals surface area contributed by atoms with Crippen molar-refractivity contribution in [3.63, 3.8) is 0 Å². The number of piperidine rings is 1. The fourth-order valence-corrected chi connectivity index (χ4v) is 3.96. The summed E-state index contributed by atoms with van der Waals surface area (Å²) in [6.07, 6.45) is 5.11. The molecule has 0 aliphatic carbocycles. The average molecular weight is 421 g/mol. The fourth-order valence-electron chi connectivity index (χ4n) is 3.12. The van der Waals surface area contributed by atoms with Crippen molar-refractivity contribution in [1.29, 1.82) is 0 Å². The Balaban J connectivity index is 1.74. The minimum Gasteiger partial charge on any atom is -0.467 e. The maximum atomic E-state index is 12.4. The van der Waals surface area contributed by atoms with Crippen LogP contribution in [0.1, 0.15) is 45.8 Å². The highest BCUT2D eigenvalue weighted by Crippen LogP contribution is 2.28. The van der Waals surface area contributed by atoms with Gasteiger partial charge in [-0.25, -0.2) is 4.79 Å². The SMILES string of the molecule is CC(C)NC(=O)NC(=O)[C@@H](C)Sc1nnc(N2CCCCC2)n1Cc1ccco1. The lowest BCUT2D eigenvalue weighted by Gasteiger charge is -2.27. The van der Waals surface area contributed by atoms with Crippen LogP contribution in [-0.4, -0.2) is 51.1 Å². The molecule has 3 heterocycles. The molecule has 1 aliphatic rings. The van der Waals surface area contributed by atoms with Crippen LogP contribution < -0.4 is 15.5 Å². The van der Waals surface area contributed by atoms with E-state index < -0.39 is 11.3 Å². The molecular formula is C19H28N6O3S. The van der Waals surface area contributed by atoms with Crippen LogP contribution >= 0.6 is 11.8 Å². The number of hydrogen-bond acceptors (Lipinski definition) is 7. The minimum absolute atomic E-state index is 0.0470. The first-order valence-corrected chi connectivity index (χ1v) is 10.8. The van der Waals surface area contributed by atoms with Gasteiger partial charge < -0.3 is 14.6 Å². The number of urea groups is 1. The number of nitrogens with one attached hydrogen (secondary N) is 2. The third kappa shape index (κ3) is 5.75. The molecule has 1 aliphatic heterocycles. The quantitative estimate of drug-likeness (QED) is 0.663. The number of rotatable bonds is 7. The highest BCUT2D eigenvalue weighted by Gasteiger charge is 2.25. The van der Waals surface area contributed by atoms with Gasteiger partial charge in [0, 0.05) is 19.1 Å². The second kappa shape index (κ2) is 9.82. The Labute approximate surface area is 174 Å². The van der Waals surface area contributed by atoms with Crippen LogP contribution in [0.3, 0.4) is 0 Å². The summed E-state index contributed by atoms with van der Waals surface area (Å²) in [7, 11) is 0. The summed E-state index contributed by atoms with van der Waals surface area (Å²) in [5, 5.41) is 13.9. The number of imide groups is 1. The van der Waals surface area contributed by atoms with E-state index in [0.717, 1.165) is 37.6 Å². The smallest absolute Gasteiger partial charge is 0.321 e. The number of aromatic nitrogens is 3. The molecule has 2 aromatic heterocycles. The standard InChI is InChI=1S/C19H28N6O3S/c1-13(2)20-17(27)21-16(26)14(3)29-19-23-22-18(24-9-5-4-6-10-24)25(19)12-15-8-7-11-28-15/h7-8,11,13-14H,4-6,9-10,12H2,1-3H3,(H2,20,21,26,27)/t14-/m1/s1. The maximum Gasteiger partial charge on any atom is 0.321 e. The van der Waals surface area contributed by atoms with Crippen LogP contribution in [0.15, 0.2) is 28.0 Å². The monoisotopic (exact) mass is 420 g/mol. The maximum absolute atomic E-state index is 12.4. The zero-order valence-electron chi connectivity index (χ0n) is 17.1. The highest BCUT2D eigenvalue weighted by molar-refractivity contribution is 8.00. The summed E-state index contributed by atoms with van der Waals surface area (Å²) in [5.41, 5.74) is 0.